The van der Waals surface area contributed by atoms with Crippen molar-refractivity contribution in [3.63, 3.8) is 0 Å². The van der Waals surface area contributed by atoms with E-state index in [1.807, 2.05) is 6.07 Å². The molecule has 0 saturated heterocycles. The third-order valence-electron chi connectivity index (χ3n) is 3.99. The van der Waals surface area contributed by atoms with Crippen molar-refractivity contribution in [3.8, 4) is 11.5 Å². The Hall–Kier alpha value is -1.18. The van der Waals surface area contributed by atoms with Crippen molar-refractivity contribution < 1.29 is 9.84 Å². The van der Waals surface area contributed by atoms with Crippen LogP contribution in [-0.2, 0) is 0 Å². The van der Waals surface area contributed by atoms with Crippen molar-refractivity contribution in [1.29, 1.82) is 0 Å². The summed E-state index contributed by atoms with van der Waals surface area (Å²) in [5.74, 6) is 2.63. The summed E-state index contributed by atoms with van der Waals surface area (Å²) < 4.78 is 5.41. The molecule has 0 unspecified atom stereocenters. The van der Waals surface area contributed by atoms with Crippen LogP contribution < -0.4 is 4.74 Å². The number of phenols is 1. The van der Waals surface area contributed by atoms with E-state index in [4.69, 9.17) is 4.74 Å². The van der Waals surface area contributed by atoms with Crippen molar-refractivity contribution in [2.45, 2.75) is 37.5 Å². The molecule has 1 aromatic rings. The molecule has 0 spiro atoms. The van der Waals surface area contributed by atoms with Crippen molar-refractivity contribution in [3.05, 3.63) is 23.3 Å². The van der Waals surface area contributed by atoms with Crippen molar-refractivity contribution >= 4 is 0 Å². The first-order valence-corrected chi connectivity index (χ1v) is 5.71. The number of phenolic OH excluding ortho intramolecular Hbond substituents is 1. The van der Waals surface area contributed by atoms with E-state index >= 15 is 0 Å². The Labute approximate surface area is 89.9 Å². The Balaban J connectivity index is 2.24. The molecule has 1 fully saturated rings. The molecule has 15 heavy (non-hydrogen) atoms. The molecule has 4 rings (SSSR count). The first-order chi connectivity index (χ1) is 7.31. The topological polar surface area (TPSA) is 29.5 Å². The number of rotatable bonds is 1. The molecule has 3 aliphatic carbocycles. The zero-order valence-electron chi connectivity index (χ0n) is 8.99. The fourth-order valence-electron chi connectivity index (χ4n) is 3.30. The van der Waals surface area contributed by atoms with E-state index in [9.17, 15) is 5.11 Å². The minimum atomic E-state index is 0.472. The fourth-order valence-corrected chi connectivity index (χ4v) is 3.30. The van der Waals surface area contributed by atoms with Crippen LogP contribution in [0.25, 0.3) is 0 Å². The summed E-state index contributed by atoms with van der Waals surface area (Å²) in [5, 5.41) is 9.94. The van der Waals surface area contributed by atoms with E-state index in [-0.39, 0.29) is 0 Å². The summed E-state index contributed by atoms with van der Waals surface area (Å²) in [7, 11) is 1.72. The molecule has 0 aliphatic heterocycles. The van der Waals surface area contributed by atoms with Crippen LogP contribution in [0.4, 0.5) is 0 Å². The molecule has 3 aliphatic rings. The minimum Gasteiger partial charge on any atom is -0.508 e. The van der Waals surface area contributed by atoms with Crippen molar-refractivity contribution in [1.82, 2.24) is 0 Å². The van der Waals surface area contributed by atoms with Gasteiger partial charge in [0.2, 0.25) is 0 Å². The number of methoxy groups -OCH3 is 1. The number of aromatic hydroxyl groups is 1. The van der Waals surface area contributed by atoms with Gasteiger partial charge in [0.25, 0.3) is 0 Å². The molecule has 1 N–H and O–H groups in total. The highest BCUT2D eigenvalue weighted by Gasteiger charge is 2.36. The van der Waals surface area contributed by atoms with E-state index in [2.05, 4.69) is 0 Å². The molecule has 1 aromatic carbocycles. The quantitative estimate of drug-likeness (QED) is 0.761. The average molecular weight is 204 g/mol. The normalized spacial score (nSPS) is 27.5. The van der Waals surface area contributed by atoms with Gasteiger partial charge < -0.3 is 9.84 Å². The third kappa shape index (κ3) is 1.17. The zero-order valence-corrected chi connectivity index (χ0v) is 8.99. The summed E-state index contributed by atoms with van der Waals surface area (Å²) in [6.07, 6.45) is 4.99. The van der Waals surface area contributed by atoms with Crippen molar-refractivity contribution in [2.24, 2.45) is 0 Å². The summed E-state index contributed by atoms with van der Waals surface area (Å²) in [5.41, 5.74) is 2.47. The van der Waals surface area contributed by atoms with Crippen LogP contribution in [0.5, 0.6) is 11.5 Å². The Bertz CT molecular complexity index is 390. The summed E-state index contributed by atoms with van der Waals surface area (Å²) in [6, 6.07) is 3.67. The number of fused-ring (bicyclic) bond motifs is 2. The third-order valence-corrected chi connectivity index (χ3v) is 3.99. The minimum absolute atomic E-state index is 0.472. The summed E-state index contributed by atoms with van der Waals surface area (Å²) >= 11 is 0. The molecular formula is C13H16O2. The molecule has 0 heterocycles. The SMILES string of the molecule is COc1ccc(O)c2c1C1CCC2CC1. The second kappa shape index (κ2) is 3.16. The maximum absolute atomic E-state index is 9.94. The maximum atomic E-state index is 9.94. The van der Waals surface area contributed by atoms with Gasteiger partial charge in [-0.05, 0) is 49.7 Å². The number of hydrogen-bond acceptors (Lipinski definition) is 2. The molecule has 0 amide bonds. The van der Waals surface area contributed by atoms with E-state index in [0.717, 1.165) is 5.75 Å². The lowest BCUT2D eigenvalue weighted by Gasteiger charge is -2.39. The van der Waals surface area contributed by atoms with Crippen LogP contribution in [0.1, 0.15) is 48.6 Å². The predicted molar refractivity (Wildman–Crippen MR) is 58.6 cm³/mol. The van der Waals surface area contributed by atoms with Crippen LogP contribution >= 0.6 is 0 Å². The highest BCUT2D eigenvalue weighted by molar-refractivity contribution is 5.54. The molecule has 80 valence electrons. The van der Waals surface area contributed by atoms with Crippen LogP contribution in [0.2, 0.25) is 0 Å². The van der Waals surface area contributed by atoms with Gasteiger partial charge in [-0.15, -0.1) is 0 Å². The van der Waals surface area contributed by atoms with Gasteiger partial charge in [0.15, 0.2) is 0 Å². The average Bonchev–Trinajstić information content (AvgIpc) is 2.31. The lowest BCUT2D eigenvalue weighted by molar-refractivity contribution is 0.323. The van der Waals surface area contributed by atoms with Gasteiger partial charge in [0.1, 0.15) is 11.5 Å². The van der Waals surface area contributed by atoms with E-state index < -0.39 is 0 Å². The highest BCUT2D eigenvalue weighted by Crippen LogP contribution is 2.54. The maximum Gasteiger partial charge on any atom is 0.122 e. The lowest BCUT2D eigenvalue weighted by atomic mass is 9.66. The van der Waals surface area contributed by atoms with Crippen LogP contribution in [0.3, 0.4) is 0 Å². The standard InChI is InChI=1S/C13H16O2/c1-15-11-7-6-10(14)12-8-2-4-9(5-3-8)13(11)12/h6-9,14H,2-5H2,1H3. The molecule has 2 heteroatoms. The van der Waals surface area contributed by atoms with Gasteiger partial charge in [-0.2, -0.15) is 0 Å². The van der Waals surface area contributed by atoms with Gasteiger partial charge in [-0.3, -0.25) is 0 Å². The molecular weight excluding hydrogens is 188 g/mol. The molecule has 2 nitrogen and oxygen atoms in total. The van der Waals surface area contributed by atoms with Gasteiger partial charge >= 0.3 is 0 Å². The second-order valence-electron chi connectivity index (χ2n) is 4.66. The van der Waals surface area contributed by atoms with Gasteiger partial charge in [-0.1, -0.05) is 0 Å². The van der Waals surface area contributed by atoms with Crippen LogP contribution in [0, 0.1) is 0 Å². The van der Waals surface area contributed by atoms with Gasteiger partial charge in [0.05, 0.1) is 7.11 Å². The fraction of sp³-hybridized carbons (Fsp3) is 0.538. The second-order valence-corrected chi connectivity index (χ2v) is 4.66. The number of benzene rings is 1. The van der Waals surface area contributed by atoms with Crippen molar-refractivity contribution in [2.75, 3.05) is 7.11 Å². The lowest BCUT2D eigenvalue weighted by Crippen LogP contribution is -2.22. The van der Waals surface area contributed by atoms with Gasteiger partial charge in [-0.25, -0.2) is 0 Å². The molecule has 1 saturated carbocycles. The molecule has 0 radical (unpaired) electrons. The Kier molecular flexibility index (Phi) is 1.91. The van der Waals surface area contributed by atoms with Crippen LogP contribution in [0.15, 0.2) is 12.1 Å². The number of ether oxygens (including phenoxy) is 1. The Morgan fingerprint density at radius 1 is 1.07 bits per heavy atom. The Morgan fingerprint density at radius 3 is 2.27 bits per heavy atom. The largest absolute Gasteiger partial charge is 0.508 e. The molecule has 2 bridgehead atoms. The van der Waals surface area contributed by atoms with Crippen LogP contribution in [-0.4, -0.2) is 12.2 Å². The van der Waals surface area contributed by atoms with E-state index in [0.29, 0.717) is 17.6 Å². The zero-order chi connectivity index (χ0) is 10.4. The van der Waals surface area contributed by atoms with Gasteiger partial charge in [0, 0.05) is 11.1 Å². The molecule has 0 aromatic heterocycles. The summed E-state index contributed by atoms with van der Waals surface area (Å²) in [6.45, 7) is 0. The first kappa shape index (κ1) is 9.08. The molecule has 0 atom stereocenters. The number of hydrogen-bond donors (Lipinski definition) is 1. The smallest absolute Gasteiger partial charge is 0.122 e. The first-order valence-electron chi connectivity index (χ1n) is 5.71. The Morgan fingerprint density at radius 2 is 1.67 bits per heavy atom. The summed E-state index contributed by atoms with van der Waals surface area (Å²) in [4.78, 5) is 0. The highest BCUT2D eigenvalue weighted by atomic mass is 16.5. The monoisotopic (exact) mass is 204 g/mol. The van der Waals surface area contributed by atoms with E-state index in [1.165, 1.54) is 36.8 Å². The van der Waals surface area contributed by atoms with E-state index in [1.54, 1.807) is 13.2 Å². The predicted octanol–water partition coefficient (Wildman–Crippen LogP) is 3.16.